The maximum absolute atomic E-state index is 12.3. The fourth-order valence-corrected chi connectivity index (χ4v) is 2.64. The molecule has 4 heteroatoms. The Hall–Kier alpha value is -1.97. The van der Waals surface area contributed by atoms with Crippen molar-refractivity contribution in [3.63, 3.8) is 0 Å². The van der Waals surface area contributed by atoms with E-state index in [0.29, 0.717) is 5.76 Å². The van der Waals surface area contributed by atoms with Crippen LogP contribution in [0.25, 0.3) is 0 Å². The zero-order valence-electron chi connectivity index (χ0n) is 10.6. The first-order valence-electron chi connectivity index (χ1n) is 6.19. The molecule has 0 saturated carbocycles. The maximum Gasteiger partial charge on any atom is 0.290 e. The minimum Gasteiger partial charge on any atom is -0.459 e. The summed E-state index contributed by atoms with van der Waals surface area (Å²) < 4.78 is 7.47. The van der Waals surface area contributed by atoms with Crippen molar-refractivity contribution in [3.05, 3.63) is 47.7 Å². The number of fused-ring (bicyclic) bond motifs is 1. The number of hydrogen-bond acceptors (Lipinski definition) is 2. The summed E-state index contributed by atoms with van der Waals surface area (Å²) in [7, 11) is 0. The Bertz CT molecular complexity index is 569. The topological polar surface area (TPSA) is 38.4 Å². The Labute approximate surface area is 106 Å². The molecule has 4 nitrogen and oxygen atoms in total. The van der Waals surface area contributed by atoms with E-state index in [1.54, 1.807) is 12.1 Å². The molecular weight excluding hydrogens is 228 g/mol. The minimum absolute atomic E-state index is 0.0300. The molecule has 0 fully saturated rings. The summed E-state index contributed by atoms with van der Waals surface area (Å²) in [5.74, 6) is 0.385. The second kappa shape index (κ2) is 4.05. The van der Waals surface area contributed by atoms with Gasteiger partial charge in [0.25, 0.3) is 5.91 Å². The van der Waals surface area contributed by atoms with Crippen LogP contribution in [-0.2, 0) is 6.54 Å². The zero-order chi connectivity index (χ0) is 12.7. The molecule has 0 bridgehead atoms. The number of carbonyl (C=O) groups excluding carboxylic acids is 1. The monoisotopic (exact) mass is 244 g/mol. The summed E-state index contributed by atoms with van der Waals surface area (Å²) in [6, 6.07) is 7.75. The average molecular weight is 244 g/mol. The standard InChI is InChI=1S/C14H16N2O2/c1-10-5-6-12-11(2)16(8-7-15(10)12)14(17)13-4-3-9-18-13/h3-6,9,11H,7-8H2,1-2H3/t11-/m1/s1. The Kier molecular flexibility index (Phi) is 2.51. The van der Waals surface area contributed by atoms with Crippen molar-refractivity contribution in [1.82, 2.24) is 9.47 Å². The van der Waals surface area contributed by atoms with Crippen LogP contribution in [0.1, 0.15) is 34.9 Å². The summed E-state index contributed by atoms with van der Waals surface area (Å²) in [6.45, 7) is 5.74. The first kappa shape index (κ1) is 11.1. The largest absolute Gasteiger partial charge is 0.459 e. The molecule has 0 N–H and O–H groups in total. The Morgan fingerprint density at radius 2 is 2.17 bits per heavy atom. The number of furan rings is 1. The van der Waals surface area contributed by atoms with E-state index in [1.165, 1.54) is 17.7 Å². The molecule has 3 heterocycles. The summed E-state index contributed by atoms with van der Waals surface area (Å²) in [5, 5.41) is 0. The van der Waals surface area contributed by atoms with Crippen molar-refractivity contribution >= 4 is 5.91 Å². The highest BCUT2D eigenvalue weighted by Crippen LogP contribution is 2.28. The third-order valence-corrected chi connectivity index (χ3v) is 3.69. The van der Waals surface area contributed by atoms with Crippen LogP contribution in [0.3, 0.4) is 0 Å². The van der Waals surface area contributed by atoms with Crippen LogP contribution in [0.4, 0.5) is 0 Å². The van der Waals surface area contributed by atoms with Gasteiger partial charge in [0.1, 0.15) is 0 Å². The smallest absolute Gasteiger partial charge is 0.290 e. The molecule has 1 aliphatic heterocycles. The van der Waals surface area contributed by atoms with E-state index in [4.69, 9.17) is 4.42 Å². The summed E-state index contributed by atoms with van der Waals surface area (Å²) in [5.41, 5.74) is 2.45. The predicted octanol–water partition coefficient (Wildman–Crippen LogP) is 2.61. The molecule has 2 aromatic heterocycles. The quantitative estimate of drug-likeness (QED) is 0.773. The van der Waals surface area contributed by atoms with Gasteiger partial charge in [-0.15, -0.1) is 0 Å². The van der Waals surface area contributed by atoms with E-state index < -0.39 is 0 Å². The molecule has 1 amide bonds. The molecule has 1 aliphatic rings. The van der Waals surface area contributed by atoms with E-state index in [9.17, 15) is 4.79 Å². The van der Waals surface area contributed by atoms with E-state index in [1.807, 2.05) is 4.90 Å². The number of aryl methyl sites for hydroxylation is 1. The van der Waals surface area contributed by atoms with Gasteiger partial charge in [0.15, 0.2) is 5.76 Å². The molecule has 0 aliphatic carbocycles. The van der Waals surface area contributed by atoms with Crippen LogP contribution in [0.2, 0.25) is 0 Å². The van der Waals surface area contributed by atoms with Gasteiger partial charge in [0.05, 0.1) is 12.3 Å². The highest BCUT2D eigenvalue weighted by molar-refractivity contribution is 5.91. The molecule has 94 valence electrons. The zero-order valence-corrected chi connectivity index (χ0v) is 10.6. The van der Waals surface area contributed by atoms with Gasteiger partial charge in [-0.05, 0) is 38.1 Å². The van der Waals surface area contributed by atoms with Gasteiger partial charge in [-0.3, -0.25) is 4.79 Å². The van der Waals surface area contributed by atoms with Crippen LogP contribution in [-0.4, -0.2) is 21.9 Å². The Morgan fingerprint density at radius 1 is 1.33 bits per heavy atom. The van der Waals surface area contributed by atoms with Crippen molar-refractivity contribution in [3.8, 4) is 0 Å². The summed E-state index contributed by atoms with van der Waals surface area (Å²) >= 11 is 0. The lowest BCUT2D eigenvalue weighted by molar-refractivity contribution is 0.0610. The molecule has 18 heavy (non-hydrogen) atoms. The number of nitrogens with zero attached hydrogens (tertiary/aromatic N) is 2. The van der Waals surface area contributed by atoms with Gasteiger partial charge in [-0.1, -0.05) is 0 Å². The first-order chi connectivity index (χ1) is 8.68. The number of carbonyl (C=O) groups is 1. The molecule has 0 radical (unpaired) electrons. The van der Waals surface area contributed by atoms with E-state index in [0.717, 1.165) is 13.1 Å². The lowest BCUT2D eigenvalue weighted by atomic mass is 10.1. The van der Waals surface area contributed by atoms with Crippen LogP contribution in [0.15, 0.2) is 34.9 Å². The molecule has 3 rings (SSSR count). The highest BCUT2D eigenvalue weighted by Gasteiger charge is 2.29. The SMILES string of the molecule is Cc1ccc2n1CCN(C(=O)c1ccco1)[C@@H]2C. The van der Waals surface area contributed by atoms with Gasteiger partial charge in [0.2, 0.25) is 0 Å². The fourth-order valence-electron chi connectivity index (χ4n) is 2.64. The molecule has 0 spiro atoms. The van der Waals surface area contributed by atoms with Crippen molar-refractivity contribution in [1.29, 1.82) is 0 Å². The van der Waals surface area contributed by atoms with E-state index in [-0.39, 0.29) is 11.9 Å². The lowest BCUT2D eigenvalue weighted by Crippen LogP contribution is -2.40. The third-order valence-electron chi connectivity index (χ3n) is 3.69. The number of rotatable bonds is 1. The van der Waals surface area contributed by atoms with Gasteiger partial charge < -0.3 is 13.9 Å². The Balaban J connectivity index is 1.91. The molecule has 0 saturated heterocycles. The van der Waals surface area contributed by atoms with Crippen LogP contribution in [0.5, 0.6) is 0 Å². The van der Waals surface area contributed by atoms with Gasteiger partial charge in [0, 0.05) is 24.5 Å². The third kappa shape index (κ3) is 1.56. The van der Waals surface area contributed by atoms with Crippen LogP contribution >= 0.6 is 0 Å². The number of hydrogen-bond donors (Lipinski definition) is 0. The minimum atomic E-state index is -0.0300. The second-order valence-corrected chi connectivity index (χ2v) is 4.70. The van der Waals surface area contributed by atoms with Crippen molar-refractivity contribution in [2.45, 2.75) is 26.4 Å². The van der Waals surface area contributed by atoms with Gasteiger partial charge >= 0.3 is 0 Å². The predicted molar refractivity (Wildman–Crippen MR) is 67.3 cm³/mol. The van der Waals surface area contributed by atoms with Gasteiger partial charge in [-0.2, -0.15) is 0 Å². The molecular formula is C14H16N2O2. The molecule has 2 aromatic rings. The normalized spacial score (nSPS) is 18.8. The first-order valence-corrected chi connectivity index (χ1v) is 6.19. The molecule has 0 unspecified atom stereocenters. The highest BCUT2D eigenvalue weighted by atomic mass is 16.3. The van der Waals surface area contributed by atoms with Crippen LogP contribution < -0.4 is 0 Å². The van der Waals surface area contributed by atoms with Crippen LogP contribution in [0, 0.1) is 6.92 Å². The molecule has 1 atom stereocenters. The fraction of sp³-hybridized carbons (Fsp3) is 0.357. The van der Waals surface area contributed by atoms with Crippen molar-refractivity contribution in [2.24, 2.45) is 0 Å². The summed E-state index contributed by atoms with van der Waals surface area (Å²) in [4.78, 5) is 14.2. The van der Waals surface area contributed by atoms with Gasteiger partial charge in [-0.25, -0.2) is 0 Å². The lowest BCUT2D eigenvalue weighted by Gasteiger charge is -2.34. The van der Waals surface area contributed by atoms with Crippen molar-refractivity contribution in [2.75, 3.05) is 6.54 Å². The number of aromatic nitrogens is 1. The van der Waals surface area contributed by atoms with Crippen molar-refractivity contribution < 1.29 is 9.21 Å². The van der Waals surface area contributed by atoms with E-state index >= 15 is 0 Å². The maximum atomic E-state index is 12.3. The Morgan fingerprint density at radius 3 is 2.89 bits per heavy atom. The van der Waals surface area contributed by atoms with E-state index in [2.05, 4.69) is 30.5 Å². The second-order valence-electron chi connectivity index (χ2n) is 4.70. The molecule has 0 aromatic carbocycles. The summed E-state index contributed by atoms with van der Waals surface area (Å²) in [6.07, 6.45) is 1.54. The number of amides is 1. The average Bonchev–Trinajstić information content (AvgIpc) is 2.99.